The lowest BCUT2D eigenvalue weighted by Crippen LogP contribution is -2.50. The SMILES string of the molecule is CC/C=C/C/C=C/C/C=C/C/C=C/C/C=C/CCCCCCCCC(=O)OCC(COCCC(C(=O)O)[N+](C)(C)C)OC(=O)CC/C=C/C/C=C/C/C=C/C/C=C/C/C=C/CC. The summed E-state index contributed by atoms with van der Waals surface area (Å²) in [5.41, 5.74) is 0. The molecule has 8 nitrogen and oxygen atoms in total. The monoisotopic (exact) mass is 861 g/mol. The number of nitrogens with zero attached hydrogens (tertiary/aromatic N) is 1. The van der Waals surface area contributed by atoms with Crippen molar-refractivity contribution in [3.8, 4) is 0 Å². The molecule has 0 heterocycles. The van der Waals surface area contributed by atoms with Crippen LogP contribution in [0.15, 0.2) is 122 Å². The largest absolute Gasteiger partial charge is 0.477 e. The fraction of sp³-hybridized carbons (Fsp3) is 0.574. The van der Waals surface area contributed by atoms with Crippen molar-refractivity contribution in [1.29, 1.82) is 0 Å². The predicted octanol–water partition coefficient (Wildman–Crippen LogP) is 13.4. The molecule has 1 N–H and O–H groups in total. The Labute approximate surface area is 378 Å². The molecule has 0 rings (SSSR count). The number of unbranched alkanes of at least 4 members (excludes halogenated alkanes) is 6. The third kappa shape index (κ3) is 41.1. The molecule has 0 aliphatic rings. The molecular formula is C54H86NO7+. The average Bonchev–Trinajstić information content (AvgIpc) is 3.23. The number of hydrogen-bond donors (Lipinski definition) is 1. The fourth-order valence-electron chi connectivity index (χ4n) is 6.05. The van der Waals surface area contributed by atoms with Gasteiger partial charge in [0.2, 0.25) is 0 Å². The standard InChI is InChI=1S/C54H85NO7/c1-6-8-10-12-14-16-18-20-22-24-25-26-27-28-29-31-32-34-36-38-40-42-44-52(56)61-49-50(48-60-47-46-51(54(58)59)55(3,4)5)62-53(57)45-43-41-39-37-35-33-30-23-21-19-17-15-13-11-9-7-2/h8-11,14-17,20-23,25-26,28-29,33,35,39,41,50-51H,6-7,12-13,18-19,24,27,30-32,34,36-38,40,42-49H2,1-5H3/p+1/b10-8+,11-9+,16-14+,17-15+,22-20+,23-21+,26-25+,29-28+,35-33+,41-39+. The molecule has 2 unspecified atom stereocenters. The topological polar surface area (TPSA) is 99.1 Å². The summed E-state index contributed by atoms with van der Waals surface area (Å²) in [4.78, 5) is 37.0. The van der Waals surface area contributed by atoms with Crippen molar-refractivity contribution in [2.75, 3.05) is 41.0 Å². The first-order valence-electron chi connectivity index (χ1n) is 23.6. The molecule has 0 fully saturated rings. The van der Waals surface area contributed by atoms with Crippen molar-refractivity contribution in [2.24, 2.45) is 0 Å². The number of esters is 2. The Balaban J connectivity index is 4.44. The smallest absolute Gasteiger partial charge is 0.362 e. The molecule has 62 heavy (non-hydrogen) atoms. The van der Waals surface area contributed by atoms with E-state index < -0.39 is 24.1 Å². The van der Waals surface area contributed by atoms with Gasteiger partial charge in [0.1, 0.15) is 6.61 Å². The molecule has 0 saturated carbocycles. The molecule has 348 valence electrons. The van der Waals surface area contributed by atoms with Crippen molar-refractivity contribution in [3.05, 3.63) is 122 Å². The zero-order valence-corrected chi connectivity index (χ0v) is 39.5. The summed E-state index contributed by atoms with van der Waals surface area (Å²) in [7, 11) is 5.48. The molecule has 0 aliphatic heterocycles. The number of carbonyl (C=O) groups is 3. The van der Waals surface area contributed by atoms with Gasteiger partial charge < -0.3 is 23.8 Å². The summed E-state index contributed by atoms with van der Waals surface area (Å²) in [5.74, 6) is -1.61. The minimum Gasteiger partial charge on any atom is -0.477 e. The summed E-state index contributed by atoms with van der Waals surface area (Å²) in [5, 5.41) is 9.63. The lowest BCUT2D eigenvalue weighted by atomic mass is 10.1. The number of allylic oxidation sites excluding steroid dienone is 20. The van der Waals surface area contributed by atoms with Gasteiger partial charge in [0.05, 0.1) is 34.4 Å². The third-order valence-electron chi connectivity index (χ3n) is 9.62. The predicted molar refractivity (Wildman–Crippen MR) is 261 cm³/mol. The molecule has 0 aliphatic carbocycles. The van der Waals surface area contributed by atoms with Crippen LogP contribution in [0.2, 0.25) is 0 Å². The molecule has 0 amide bonds. The van der Waals surface area contributed by atoms with Gasteiger partial charge in [-0.2, -0.15) is 0 Å². The van der Waals surface area contributed by atoms with Crippen LogP contribution in [0.25, 0.3) is 0 Å². The zero-order valence-electron chi connectivity index (χ0n) is 39.5. The molecule has 0 spiro atoms. The highest BCUT2D eigenvalue weighted by atomic mass is 16.6. The van der Waals surface area contributed by atoms with Gasteiger partial charge in [-0.1, -0.05) is 161 Å². The van der Waals surface area contributed by atoms with Crippen LogP contribution in [0.4, 0.5) is 0 Å². The second-order valence-corrected chi connectivity index (χ2v) is 16.2. The molecule has 0 aromatic rings. The number of carboxylic acid groups (broad SMARTS) is 1. The number of rotatable bonds is 40. The van der Waals surface area contributed by atoms with E-state index in [-0.39, 0.29) is 36.7 Å². The molecule has 0 aromatic carbocycles. The molecule has 0 bridgehead atoms. The van der Waals surface area contributed by atoms with Crippen molar-refractivity contribution in [3.63, 3.8) is 0 Å². The Kier molecular flexibility index (Phi) is 40.4. The first kappa shape index (κ1) is 57.7. The van der Waals surface area contributed by atoms with Crippen molar-refractivity contribution < 1.29 is 38.2 Å². The fourth-order valence-corrected chi connectivity index (χ4v) is 6.05. The first-order chi connectivity index (χ1) is 30.1. The van der Waals surface area contributed by atoms with Gasteiger partial charge in [0, 0.05) is 19.3 Å². The maximum Gasteiger partial charge on any atom is 0.362 e. The summed E-state index contributed by atoms with van der Waals surface area (Å²) in [6, 6.07) is -0.638. The highest BCUT2D eigenvalue weighted by Crippen LogP contribution is 2.12. The van der Waals surface area contributed by atoms with Gasteiger partial charge in [-0.15, -0.1) is 0 Å². The van der Waals surface area contributed by atoms with Crippen LogP contribution in [-0.4, -0.2) is 80.6 Å². The van der Waals surface area contributed by atoms with Crippen LogP contribution in [0.3, 0.4) is 0 Å². The van der Waals surface area contributed by atoms with Gasteiger partial charge in [-0.05, 0) is 89.9 Å². The summed E-state index contributed by atoms with van der Waals surface area (Å²) in [6.07, 6.45) is 61.2. The van der Waals surface area contributed by atoms with Crippen LogP contribution in [0, 0.1) is 0 Å². The van der Waals surface area contributed by atoms with E-state index in [2.05, 4.69) is 123 Å². The van der Waals surface area contributed by atoms with Crippen LogP contribution in [-0.2, 0) is 28.6 Å². The third-order valence-corrected chi connectivity index (χ3v) is 9.62. The average molecular weight is 861 g/mol. The Morgan fingerprint density at radius 1 is 0.484 bits per heavy atom. The van der Waals surface area contributed by atoms with Crippen LogP contribution >= 0.6 is 0 Å². The highest BCUT2D eigenvalue weighted by Gasteiger charge is 2.31. The zero-order chi connectivity index (χ0) is 45.6. The van der Waals surface area contributed by atoms with E-state index >= 15 is 0 Å². The first-order valence-corrected chi connectivity index (χ1v) is 23.6. The molecule has 0 radical (unpaired) electrons. The van der Waals surface area contributed by atoms with Crippen molar-refractivity contribution in [2.45, 2.75) is 161 Å². The number of hydrogen-bond acceptors (Lipinski definition) is 6. The second kappa shape index (κ2) is 43.4. The van der Waals surface area contributed by atoms with E-state index in [4.69, 9.17) is 14.2 Å². The Morgan fingerprint density at radius 3 is 1.32 bits per heavy atom. The molecule has 0 aromatic heterocycles. The van der Waals surface area contributed by atoms with Gasteiger partial charge in [0.15, 0.2) is 12.1 Å². The van der Waals surface area contributed by atoms with Crippen LogP contribution < -0.4 is 0 Å². The second-order valence-electron chi connectivity index (χ2n) is 16.2. The van der Waals surface area contributed by atoms with Gasteiger partial charge in [-0.25, -0.2) is 4.79 Å². The van der Waals surface area contributed by atoms with Crippen LogP contribution in [0.5, 0.6) is 0 Å². The highest BCUT2D eigenvalue weighted by molar-refractivity contribution is 5.72. The normalized spacial score (nSPS) is 14.0. The molecular weight excluding hydrogens is 775 g/mol. The van der Waals surface area contributed by atoms with Gasteiger partial charge in [0.25, 0.3) is 0 Å². The van der Waals surface area contributed by atoms with E-state index in [1.807, 2.05) is 33.3 Å². The van der Waals surface area contributed by atoms with Gasteiger partial charge >= 0.3 is 17.9 Å². The number of carboxylic acids is 1. The summed E-state index contributed by atoms with van der Waals surface area (Å²) < 4.78 is 17.2. The quantitative estimate of drug-likeness (QED) is 0.0283. The maximum absolute atomic E-state index is 12.7. The van der Waals surface area contributed by atoms with Gasteiger partial charge in [-0.3, -0.25) is 9.59 Å². The van der Waals surface area contributed by atoms with Crippen molar-refractivity contribution >= 4 is 17.9 Å². The minimum atomic E-state index is -0.894. The summed E-state index contributed by atoms with van der Waals surface area (Å²) in [6.45, 7) is 4.39. The lowest BCUT2D eigenvalue weighted by molar-refractivity contribution is -0.887. The molecule has 8 heteroatoms. The Morgan fingerprint density at radius 2 is 0.887 bits per heavy atom. The summed E-state index contributed by atoms with van der Waals surface area (Å²) >= 11 is 0. The van der Waals surface area contributed by atoms with E-state index in [1.54, 1.807) is 0 Å². The van der Waals surface area contributed by atoms with Crippen molar-refractivity contribution in [1.82, 2.24) is 0 Å². The molecule has 0 saturated heterocycles. The number of ether oxygens (including phenoxy) is 3. The number of quaternary nitrogens is 1. The maximum atomic E-state index is 12.7. The lowest BCUT2D eigenvalue weighted by Gasteiger charge is -2.31. The van der Waals surface area contributed by atoms with Crippen LogP contribution in [0.1, 0.15) is 149 Å². The Hall–Kier alpha value is -4.27. The van der Waals surface area contributed by atoms with E-state index in [0.717, 1.165) is 96.3 Å². The number of likely N-dealkylation sites (N-methyl/N-ethyl adjacent to an activating group) is 1. The van der Waals surface area contributed by atoms with E-state index in [0.29, 0.717) is 19.3 Å². The number of carbonyl (C=O) groups excluding carboxylic acids is 2. The minimum absolute atomic E-state index is 0.0177. The molecule has 2 atom stereocenters. The van der Waals surface area contributed by atoms with E-state index in [1.165, 1.54) is 12.8 Å². The number of aliphatic carboxylic acids is 1. The van der Waals surface area contributed by atoms with E-state index in [9.17, 15) is 19.5 Å². The Bertz CT molecular complexity index is 1420.